The molecule has 1 atom stereocenters. The van der Waals surface area contributed by atoms with Gasteiger partial charge in [-0.15, -0.1) is 0 Å². The number of rotatable bonds is 9. The van der Waals surface area contributed by atoms with Crippen LogP contribution in [-0.2, 0) is 0 Å². The summed E-state index contributed by atoms with van der Waals surface area (Å²) in [6, 6.07) is 7.82. The Hall–Kier alpha value is -1.62. The number of unbranched alkanes of at least 4 members (excludes halogenated alkanes) is 2. The average molecular weight is 362 g/mol. The fourth-order valence-electron chi connectivity index (χ4n) is 3.98. The molecule has 0 aromatic heterocycles. The highest BCUT2D eigenvalue weighted by Crippen LogP contribution is 2.23. The van der Waals surface area contributed by atoms with Crippen molar-refractivity contribution in [2.75, 3.05) is 39.5 Å². The molecule has 2 saturated heterocycles. The highest BCUT2D eigenvalue weighted by Gasteiger charge is 2.31. The monoisotopic (exact) mass is 362 g/mol. The molecule has 1 amide bonds. The molecule has 144 valence electrons. The predicted octanol–water partition coefficient (Wildman–Crippen LogP) is 3.91. The number of halogens is 1. The summed E-state index contributed by atoms with van der Waals surface area (Å²) in [5, 5.41) is 0. The van der Waals surface area contributed by atoms with Gasteiger partial charge in [0.25, 0.3) is 5.91 Å². The number of alkyl halides is 1. The molecule has 1 aromatic rings. The number of hydrogen-bond acceptors (Lipinski definition) is 3. The van der Waals surface area contributed by atoms with Crippen LogP contribution in [0.5, 0.6) is 5.75 Å². The van der Waals surface area contributed by atoms with Crippen LogP contribution in [-0.4, -0.2) is 61.2 Å². The van der Waals surface area contributed by atoms with Crippen LogP contribution in [0.3, 0.4) is 0 Å². The second-order valence-electron chi connectivity index (χ2n) is 7.42. The van der Waals surface area contributed by atoms with Crippen LogP contribution in [0.1, 0.15) is 55.3 Å². The van der Waals surface area contributed by atoms with Crippen molar-refractivity contribution in [2.45, 2.75) is 51.0 Å². The van der Waals surface area contributed by atoms with E-state index in [1.807, 2.05) is 24.3 Å². The Bertz CT molecular complexity index is 558. The number of likely N-dealkylation sites (tertiary alicyclic amines) is 2. The van der Waals surface area contributed by atoms with E-state index in [4.69, 9.17) is 4.74 Å². The Morgan fingerprint density at radius 2 is 1.81 bits per heavy atom. The van der Waals surface area contributed by atoms with Gasteiger partial charge in [-0.2, -0.15) is 0 Å². The fourth-order valence-corrected chi connectivity index (χ4v) is 3.98. The van der Waals surface area contributed by atoms with Crippen molar-refractivity contribution in [2.24, 2.45) is 0 Å². The third-order valence-electron chi connectivity index (χ3n) is 5.45. The molecule has 0 spiro atoms. The lowest BCUT2D eigenvalue weighted by atomic mass is 10.1. The van der Waals surface area contributed by atoms with Crippen LogP contribution in [0.15, 0.2) is 24.3 Å². The summed E-state index contributed by atoms with van der Waals surface area (Å²) in [5.41, 5.74) is 0.739. The van der Waals surface area contributed by atoms with E-state index in [2.05, 4.69) is 9.80 Å². The highest BCUT2D eigenvalue weighted by atomic mass is 19.1. The normalized spacial score (nSPS) is 20.7. The van der Waals surface area contributed by atoms with Crippen LogP contribution in [0.25, 0.3) is 0 Å². The van der Waals surface area contributed by atoms with Crippen LogP contribution < -0.4 is 4.74 Å². The molecule has 0 bridgehead atoms. The molecule has 3 rings (SSSR count). The van der Waals surface area contributed by atoms with Gasteiger partial charge in [0.1, 0.15) is 5.75 Å². The second kappa shape index (κ2) is 9.91. The summed E-state index contributed by atoms with van der Waals surface area (Å²) in [6.45, 7) is 4.57. The molecular formula is C21H31FN2O2. The zero-order chi connectivity index (χ0) is 18.2. The van der Waals surface area contributed by atoms with E-state index >= 15 is 0 Å². The summed E-state index contributed by atoms with van der Waals surface area (Å²) < 4.78 is 17.7. The quantitative estimate of drug-likeness (QED) is 0.625. The van der Waals surface area contributed by atoms with E-state index in [0.717, 1.165) is 50.1 Å². The van der Waals surface area contributed by atoms with Gasteiger partial charge in [0.15, 0.2) is 0 Å². The molecule has 0 N–H and O–H groups in total. The second-order valence-corrected chi connectivity index (χ2v) is 7.42. The molecule has 2 aliphatic rings. The summed E-state index contributed by atoms with van der Waals surface area (Å²) >= 11 is 0. The number of hydrogen-bond donors (Lipinski definition) is 0. The Morgan fingerprint density at radius 3 is 2.54 bits per heavy atom. The van der Waals surface area contributed by atoms with Crippen molar-refractivity contribution in [3.8, 4) is 5.75 Å². The van der Waals surface area contributed by atoms with Crippen molar-refractivity contribution in [3.05, 3.63) is 29.8 Å². The minimum Gasteiger partial charge on any atom is -0.494 e. The van der Waals surface area contributed by atoms with E-state index in [9.17, 15) is 9.18 Å². The standard InChI is InChI=1S/C21H31FN2O2/c22-12-2-1-5-16-26-20-10-8-18(9-11-20)21(25)24-15-6-7-19(24)17-23-13-3-4-14-23/h8-11,19H,1-7,12-17H2. The molecule has 1 unspecified atom stereocenters. The van der Waals surface area contributed by atoms with Gasteiger partial charge in [0.2, 0.25) is 0 Å². The number of amides is 1. The van der Waals surface area contributed by atoms with Gasteiger partial charge in [0.05, 0.1) is 13.3 Å². The van der Waals surface area contributed by atoms with Crippen LogP contribution in [0.4, 0.5) is 4.39 Å². The molecule has 5 heteroatoms. The van der Waals surface area contributed by atoms with Crippen LogP contribution in [0.2, 0.25) is 0 Å². The molecule has 1 aromatic carbocycles. The zero-order valence-corrected chi connectivity index (χ0v) is 15.7. The fraction of sp³-hybridized carbons (Fsp3) is 0.667. The summed E-state index contributed by atoms with van der Waals surface area (Å²) in [4.78, 5) is 17.5. The first kappa shape index (κ1) is 19.2. The van der Waals surface area contributed by atoms with Crippen molar-refractivity contribution < 1.29 is 13.9 Å². The predicted molar refractivity (Wildman–Crippen MR) is 101 cm³/mol. The smallest absolute Gasteiger partial charge is 0.254 e. The maximum absolute atomic E-state index is 12.9. The third-order valence-corrected chi connectivity index (χ3v) is 5.45. The highest BCUT2D eigenvalue weighted by molar-refractivity contribution is 5.94. The molecule has 2 aliphatic heterocycles. The van der Waals surface area contributed by atoms with Gasteiger partial charge < -0.3 is 14.5 Å². The molecule has 2 fully saturated rings. The van der Waals surface area contributed by atoms with E-state index in [0.29, 0.717) is 19.1 Å². The molecule has 4 nitrogen and oxygen atoms in total. The first-order valence-corrected chi connectivity index (χ1v) is 10.1. The van der Waals surface area contributed by atoms with Gasteiger partial charge >= 0.3 is 0 Å². The molecule has 0 saturated carbocycles. The van der Waals surface area contributed by atoms with Crippen molar-refractivity contribution in [1.82, 2.24) is 9.80 Å². The number of ether oxygens (including phenoxy) is 1. The maximum Gasteiger partial charge on any atom is 0.254 e. The van der Waals surface area contributed by atoms with E-state index in [1.54, 1.807) is 0 Å². The lowest BCUT2D eigenvalue weighted by molar-refractivity contribution is 0.0708. The first-order valence-electron chi connectivity index (χ1n) is 10.1. The maximum atomic E-state index is 12.9. The SMILES string of the molecule is O=C(c1ccc(OCCCCCF)cc1)N1CCCC1CN1CCCC1. The van der Waals surface area contributed by atoms with Gasteiger partial charge in [-0.25, -0.2) is 0 Å². The Kier molecular flexibility index (Phi) is 7.30. The van der Waals surface area contributed by atoms with Gasteiger partial charge in [0, 0.05) is 24.7 Å². The average Bonchev–Trinajstić information content (AvgIpc) is 3.34. The lowest BCUT2D eigenvalue weighted by Gasteiger charge is -2.28. The largest absolute Gasteiger partial charge is 0.494 e. The number of carbonyl (C=O) groups is 1. The van der Waals surface area contributed by atoms with Gasteiger partial charge in [-0.05, 0) is 82.3 Å². The van der Waals surface area contributed by atoms with Gasteiger partial charge in [-0.1, -0.05) is 0 Å². The minimum absolute atomic E-state index is 0.140. The number of benzene rings is 1. The molecule has 0 radical (unpaired) electrons. The molecular weight excluding hydrogens is 331 g/mol. The summed E-state index contributed by atoms with van der Waals surface area (Å²) in [6.07, 6.45) is 7.10. The van der Waals surface area contributed by atoms with E-state index in [1.165, 1.54) is 25.9 Å². The summed E-state index contributed by atoms with van der Waals surface area (Å²) in [5.74, 6) is 0.915. The molecule has 2 heterocycles. The first-order chi connectivity index (χ1) is 12.8. The van der Waals surface area contributed by atoms with Gasteiger partial charge in [-0.3, -0.25) is 9.18 Å². The Morgan fingerprint density at radius 1 is 1.04 bits per heavy atom. The minimum atomic E-state index is -0.258. The Balaban J connectivity index is 1.50. The Labute approximate surface area is 156 Å². The molecule has 26 heavy (non-hydrogen) atoms. The van der Waals surface area contributed by atoms with E-state index in [-0.39, 0.29) is 12.6 Å². The van der Waals surface area contributed by atoms with Crippen molar-refractivity contribution >= 4 is 5.91 Å². The number of nitrogens with zero attached hydrogens (tertiary/aromatic N) is 2. The third kappa shape index (κ3) is 5.19. The molecule has 0 aliphatic carbocycles. The van der Waals surface area contributed by atoms with Crippen molar-refractivity contribution in [3.63, 3.8) is 0 Å². The van der Waals surface area contributed by atoms with Crippen LogP contribution in [0, 0.1) is 0 Å². The summed E-state index contributed by atoms with van der Waals surface area (Å²) in [7, 11) is 0. The van der Waals surface area contributed by atoms with Crippen molar-refractivity contribution in [1.29, 1.82) is 0 Å². The lowest BCUT2D eigenvalue weighted by Crippen LogP contribution is -2.42. The van der Waals surface area contributed by atoms with Crippen LogP contribution >= 0.6 is 0 Å². The number of carbonyl (C=O) groups excluding carboxylic acids is 1. The zero-order valence-electron chi connectivity index (χ0n) is 15.7. The topological polar surface area (TPSA) is 32.8 Å². The van der Waals surface area contributed by atoms with E-state index < -0.39 is 0 Å².